The van der Waals surface area contributed by atoms with Crippen molar-refractivity contribution in [2.75, 3.05) is 0 Å². The topological polar surface area (TPSA) is 41.1 Å². The highest BCUT2D eigenvalue weighted by Gasteiger charge is 2.17. The molecular weight excluding hydrogens is 248 g/mol. The van der Waals surface area contributed by atoms with E-state index in [1.807, 2.05) is 36.5 Å². The average Bonchev–Trinajstić information content (AvgIpc) is 2.73. The zero-order valence-electron chi connectivity index (χ0n) is 11.6. The molecule has 0 aromatic heterocycles. The molecule has 1 aromatic rings. The van der Waals surface area contributed by atoms with Crippen molar-refractivity contribution < 1.29 is 4.79 Å². The summed E-state index contributed by atoms with van der Waals surface area (Å²) in [6.45, 7) is 0. The fourth-order valence-electron chi connectivity index (χ4n) is 2.86. The Labute approximate surface area is 119 Å². The molecule has 3 nitrogen and oxygen atoms in total. The van der Waals surface area contributed by atoms with Crippen LogP contribution in [0, 0.1) is 0 Å². The molecule has 0 bridgehead atoms. The molecule has 1 heterocycles. The van der Waals surface area contributed by atoms with Crippen LogP contribution in [0.15, 0.2) is 53.5 Å². The SMILES string of the molecule is O=C(NC1=CNC2=C(CCCCC2)C1)c1ccccc1. The van der Waals surface area contributed by atoms with E-state index < -0.39 is 0 Å². The van der Waals surface area contributed by atoms with Gasteiger partial charge in [0.2, 0.25) is 0 Å². The highest BCUT2D eigenvalue weighted by molar-refractivity contribution is 5.95. The molecule has 0 atom stereocenters. The molecular formula is C17H20N2O. The van der Waals surface area contributed by atoms with Gasteiger partial charge in [-0.25, -0.2) is 0 Å². The van der Waals surface area contributed by atoms with Gasteiger partial charge in [-0.15, -0.1) is 0 Å². The second kappa shape index (κ2) is 5.95. The Morgan fingerprint density at radius 2 is 1.85 bits per heavy atom. The number of nitrogens with one attached hydrogen (secondary N) is 2. The first-order chi connectivity index (χ1) is 9.83. The van der Waals surface area contributed by atoms with Crippen LogP contribution >= 0.6 is 0 Å². The summed E-state index contributed by atoms with van der Waals surface area (Å²) in [6.07, 6.45) is 8.96. The lowest BCUT2D eigenvalue weighted by atomic mass is 10.0. The van der Waals surface area contributed by atoms with E-state index in [0.29, 0.717) is 5.56 Å². The van der Waals surface area contributed by atoms with Crippen molar-refractivity contribution >= 4 is 5.91 Å². The number of dihydropyridines is 1. The lowest BCUT2D eigenvalue weighted by Crippen LogP contribution is -2.27. The fraction of sp³-hybridized carbons (Fsp3) is 0.353. The Kier molecular flexibility index (Phi) is 3.86. The molecule has 3 heteroatoms. The van der Waals surface area contributed by atoms with E-state index in [4.69, 9.17) is 0 Å². The molecule has 1 aromatic carbocycles. The summed E-state index contributed by atoms with van der Waals surface area (Å²) in [5, 5.41) is 6.38. The van der Waals surface area contributed by atoms with E-state index in [9.17, 15) is 4.79 Å². The van der Waals surface area contributed by atoms with Gasteiger partial charge in [-0.2, -0.15) is 0 Å². The fourth-order valence-corrected chi connectivity index (χ4v) is 2.86. The first-order valence-electron chi connectivity index (χ1n) is 7.36. The smallest absolute Gasteiger partial charge is 0.255 e. The minimum Gasteiger partial charge on any atom is -0.363 e. The van der Waals surface area contributed by atoms with Gasteiger partial charge in [0.15, 0.2) is 0 Å². The molecule has 2 aliphatic rings. The van der Waals surface area contributed by atoms with Crippen LogP contribution in [0.1, 0.15) is 48.9 Å². The summed E-state index contributed by atoms with van der Waals surface area (Å²) in [5.41, 5.74) is 4.52. The quantitative estimate of drug-likeness (QED) is 0.862. The maximum absolute atomic E-state index is 12.1. The number of allylic oxidation sites excluding steroid dienone is 2. The van der Waals surface area contributed by atoms with Crippen molar-refractivity contribution in [1.82, 2.24) is 10.6 Å². The van der Waals surface area contributed by atoms with Crippen LogP contribution in [0.25, 0.3) is 0 Å². The van der Waals surface area contributed by atoms with Crippen LogP contribution < -0.4 is 10.6 Å². The van der Waals surface area contributed by atoms with E-state index in [1.54, 1.807) is 0 Å². The number of carbonyl (C=O) groups is 1. The molecule has 0 radical (unpaired) electrons. The van der Waals surface area contributed by atoms with Crippen molar-refractivity contribution in [2.45, 2.75) is 38.5 Å². The maximum atomic E-state index is 12.1. The van der Waals surface area contributed by atoms with Crippen LogP contribution in [-0.2, 0) is 0 Å². The van der Waals surface area contributed by atoms with Crippen LogP contribution in [0.4, 0.5) is 0 Å². The predicted molar refractivity (Wildman–Crippen MR) is 79.9 cm³/mol. The molecule has 0 saturated carbocycles. The van der Waals surface area contributed by atoms with Gasteiger partial charge in [-0.05, 0) is 43.4 Å². The lowest BCUT2D eigenvalue weighted by molar-refractivity contribution is 0.0964. The van der Waals surface area contributed by atoms with Gasteiger partial charge in [-0.3, -0.25) is 4.79 Å². The Morgan fingerprint density at radius 1 is 1.05 bits per heavy atom. The van der Waals surface area contributed by atoms with Crippen molar-refractivity contribution in [3.63, 3.8) is 0 Å². The van der Waals surface area contributed by atoms with Crippen LogP contribution in [0.5, 0.6) is 0 Å². The third-order valence-corrected chi connectivity index (χ3v) is 3.97. The average molecular weight is 268 g/mol. The molecule has 20 heavy (non-hydrogen) atoms. The minimum absolute atomic E-state index is 0.0312. The van der Waals surface area contributed by atoms with E-state index in [2.05, 4.69) is 10.6 Å². The van der Waals surface area contributed by atoms with E-state index >= 15 is 0 Å². The molecule has 1 aliphatic carbocycles. The molecule has 0 spiro atoms. The molecule has 1 amide bonds. The number of hydrogen-bond acceptors (Lipinski definition) is 2. The predicted octanol–water partition coefficient (Wildman–Crippen LogP) is 3.47. The second-order valence-electron chi connectivity index (χ2n) is 5.45. The van der Waals surface area contributed by atoms with Gasteiger partial charge >= 0.3 is 0 Å². The number of rotatable bonds is 2. The van der Waals surface area contributed by atoms with E-state index in [-0.39, 0.29) is 5.91 Å². The van der Waals surface area contributed by atoms with Gasteiger partial charge in [0.1, 0.15) is 0 Å². The first-order valence-corrected chi connectivity index (χ1v) is 7.36. The van der Waals surface area contributed by atoms with Crippen LogP contribution in [-0.4, -0.2) is 5.91 Å². The summed E-state index contributed by atoms with van der Waals surface area (Å²) < 4.78 is 0. The normalized spacial score (nSPS) is 18.5. The van der Waals surface area contributed by atoms with E-state index in [1.165, 1.54) is 30.5 Å². The monoisotopic (exact) mass is 268 g/mol. The number of hydrogen-bond donors (Lipinski definition) is 2. The van der Waals surface area contributed by atoms with Crippen molar-refractivity contribution in [3.05, 3.63) is 59.1 Å². The van der Waals surface area contributed by atoms with Crippen LogP contribution in [0.2, 0.25) is 0 Å². The Bertz CT molecular complexity index is 558. The molecule has 0 unspecified atom stereocenters. The third kappa shape index (κ3) is 2.93. The Morgan fingerprint density at radius 3 is 2.70 bits per heavy atom. The van der Waals surface area contributed by atoms with Gasteiger partial charge in [-0.1, -0.05) is 24.6 Å². The van der Waals surface area contributed by atoms with Gasteiger partial charge in [0, 0.05) is 29.6 Å². The van der Waals surface area contributed by atoms with Gasteiger partial charge < -0.3 is 10.6 Å². The number of amides is 1. The number of carbonyl (C=O) groups excluding carboxylic acids is 1. The zero-order valence-corrected chi connectivity index (χ0v) is 11.6. The number of benzene rings is 1. The minimum atomic E-state index is -0.0312. The molecule has 104 valence electrons. The largest absolute Gasteiger partial charge is 0.363 e. The lowest BCUT2D eigenvalue weighted by Gasteiger charge is -2.21. The molecule has 0 saturated heterocycles. The van der Waals surface area contributed by atoms with Gasteiger partial charge in [0.25, 0.3) is 5.91 Å². The summed E-state index contributed by atoms with van der Waals surface area (Å²) in [6, 6.07) is 9.36. The van der Waals surface area contributed by atoms with Gasteiger partial charge in [0.05, 0.1) is 0 Å². The molecule has 2 N–H and O–H groups in total. The summed E-state index contributed by atoms with van der Waals surface area (Å²) >= 11 is 0. The van der Waals surface area contributed by atoms with Crippen LogP contribution in [0.3, 0.4) is 0 Å². The molecule has 3 rings (SSSR count). The molecule has 0 fully saturated rings. The third-order valence-electron chi connectivity index (χ3n) is 3.97. The highest BCUT2D eigenvalue weighted by Crippen LogP contribution is 2.28. The maximum Gasteiger partial charge on any atom is 0.255 e. The van der Waals surface area contributed by atoms with E-state index in [0.717, 1.165) is 25.0 Å². The molecule has 1 aliphatic heterocycles. The van der Waals surface area contributed by atoms with Crippen molar-refractivity contribution in [2.24, 2.45) is 0 Å². The Balaban J connectivity index is 1.65. The van der Waals surface area contributed by atoms with Crippen molar-refractivity contribution in [3.8, 4) is 0 Å². The summed E-state index contributed by atoms with van der Waals surface area (Å²) in [5.74, 6) is -0.0312. The Hall–Kier alpha value is -2.03. The zero-order chi connectivity index (χ0) is 13.8. The summed E-state index contributed by atoms with van der Waals surface area (Å²) in [4.78, 5) is 12.1. The van der Waals surface area contributed by atoms with Crippen molar-refractivity contribution in [1.29, 1.82) is 0 Å². The highest BCUT2D eigenvalue weighted by atomic mass is 16.1. The first kappa shape index (κ1) is 13.0. The second-order valence-corrected chi connectivity index (χ2v) is 5.45. The summed E-state index contributed by atoms with van der Waals surface area (Å²) in [7, 11) is 0. The standard InChI is InChI=1S/C17H20N2O/c20-17(13-7-3-1-4-8-13)19-15-11-14-9-5-2-6-10-16(14)18-12-15/h1,3-4,7-8,12,18H,2,5-6,9-11H2,(H,19,20).